The second kappa shape index (κ2) is 8.38. The number of pyridine rings is 3. The van der Waals surface area contributed by atoms with Crippen LogP contribution in [0.25, 0.3) is 22.0 Å². The molecule has 10 heteroatoms. The first-order valence-electron chi connectivity index (χ1n) is 12.6. The molecule has 0 unspecified atom stereocenters. The summed E-state index contributed by atoms with van der Waals surface area (Å²) in [4.78, 5) is 18.4. The Balaban J connectivity index is 1.22. The molecule has 1 aliphatic carbocycles. The lowest BCUT2D eigenvalue weighted by molar-refractivity contribution is 0.157. The van der Waals surface area contributed by atoms with Crippen molar-refractivity contribution >= 4 is 28.2 Å². The van der Waals surface area contributed by atoms with Crippen LogP contribution in [0.3, 0.4) is 0 Å². The number of rotatable bonds is 3. The van der Waals surface area contributed by atoms with Crippen molar-refractivity contribution in [1.82, 2.24) is 34.3 Å². The van der Waals surface area contributed by atoms with Gasteiger partial charge in [0.25, 0.3) is 0 Å². The van der Waals surface area contributed by atoms with Crippen molar-refractivity contribution in [2.24, 2.45) is 0 Å². The highest BCUT2D eigenvalue weighted by molar-refractivity contribution is 5.94. The second-order valence-electron chi connectivity index (χ2n) is 9.89. The van der Waals surface area contributed by atoms with Gasteiger partial charge < -0.3 is 20.7 Å². The van der Waals surface area contributed by atoms with Gasteiger partial charge in [-0.15, -0.1) is 0 Å². The highest BCUT2D eigenvalue weighted by Gasteiger charge is 2.22. The molecule has 1 aliphatic heterocycles. The number of aliphatic hydroxyl groups is 1. The topological polar surface area (TPSA) is 133 Å². The maximum Gasteiger partial charge on any atom is 0.153 e. The summed E-state index contributed by atoms with van der Waals surface area (Å²) in [6.45, 7) is 3.61. The number of hydrogen-bond donors (Lipinski definition) is 3. The number of nitrogens with one attached hydrogen (secondary N) is 1. The molecule has 0 bridgehead atoms. The fourth-order valence-electron chi connectivity index (χ4n) is 5.51. The first-order valence-corrected chi connectivity index (χ1v) is 12.6. The molecule has 2 aliphatic rings. The van der Waals surface area contributed by atoms with Gasteiger partial charge in [0.15, 0.2) is 5.82 Å². The molecule has 5 aromatic heterocycles. The minimum absolute atomic E-state index is 0.322. The molecule has 7 rings (SSSR count). The summed E-state index contributed by atoms with van der Waals surface area (Å²) < 4.78 is 4.17. The Kier molecular flexibility index (Phi) is 4.97. The van der Waals surface area contributed by atoms with Gasteiger partial charge in [0.1, 0.15) is 17.5 Å². The molecule has 5 aromatic rings. The van der Waals surface area contributed by atoms with Gasteiger partial charge in [-0.05, 0) is 48.4 Å². The molecule has 10 nitrogen and oxygen atoms in total. The van der Waals surface area contributed by atoms with E-state index in [-0.39, 0.29) is 6.10 Å². The van der Waals surface area contributed by atoms with E-state index >= 15 is 0 Å². The molecule has 0 saturated heterocycles. The molecular formula is C27H27N9O. The van der Waals surface area contributed by atoms with E-state index in [1.165, 1.54) is 0 Å². The van der Waals surface area contributed by atoms with Crippen LogP contribution in [-0.4, -0.2) is 45.5 Å². The van der Waals surface area contributed by atoms with Crippen LogP contribution in [-0.2, 0) is 32.4 Å². The molecule has 0 amide bonds. The number of fused-ring (bicyclic) bond motifs is 4. The number of aromatic nitrogens is 7. The average molecular weight is 494 g/mol. The lowest BCUT2D eigenvalue weighted by Crippen LogP contribution is -2.21. The Bertz CT molecular complexity index is 1670. The highest BCUT2D eigenvalue weighted by atomic mass is 16.3. The van der Waals surface area contributed by atoms with Gasteiger partial charge in [0.05, 0.1) is 18.3 Å². The summed E-state index contributed by atoms with van der Waals surface area (Å²) >= 11 is 0. The number of nitrogen functional groups attached to an aromatic ring is 1. The fourth-order valence-corrected chi connectivity index (χ4v) is 5.51. The number of aliphatic hydroxyl groups excluding tert-OH is 1. The monoisotopic (exact) mass is 493 g/mol. The normalized spacial score (nSPS) is 16.6. The minimum atomic E-state index is -0.322. The smallest absolute Gasteiger partial charge is 0.153 e. The van der Waals surface area contributed by atoms with Crippen molar-refractivity contribution < 1.29 is 5.11 Å². The predicted molar refractivity (Wildman–Crippen MR) is 140 cm³/mol. The number of anilines is 3. The third-order valence-electron chi connectivity index (χ3n) is 7.55. The van der Waals surface area contributed by atoms with Crippen LogP contribution in [0.5, 0.6) is 0 Å². The van der Waals surface area contributed by atoms with E-state index in [2.05, 4.69) is 42.8 Å². The van der Waals surface area contributed by atoms with Crippen molar-refractivity contribution in [3.05, 3.63) is 71.3 Å². The van der Waals surface area contributed by atoms with Gasteiger partial charge in [0, 0.05) is 72.6 Å². The van der Waals surface area contributed by atoms with E-state index < -0.39 is 0 Å². The molecule has 4 N–H and O–H groups in total. The maximum atomic E-state index is 10.2. The Morgan fingerprint density at radius 2 is 2.00 bits per heavy atom. The zero-order valence-electron chi connectivity index (χ0n) is 20.5. The Morgan fingerprint density at radius 3 is 2.92 bits per heavy atom. The third kappa shape index (κ3) is 3.80. The van der Waals surface area contributed by atoms with Gasteiger partial charge in [-0.2, -0.15) is 5.10 Å². The third-order valence-corrected chi connectivity index (χ3v) is 7.55. The van der Waals surface area contributed by atoms with E-state index in [0.29, 0.717) is 24.6 Å². The summed E-state index contributed by atoms with van der Waals surface area (Å²) in [7, 11) is 0. The quantitative estimate of drug-likeness (QED) is 0.349. The molecule has 37 heavy (non-hydrogen) atoms. The van der Waals surface area contributed by atoms with Gasteiger partial charge in [0.2, 0.25) is 0 Å². The van der Waals surface area contributed by atoms with Gasteiger partial charge in [-0.1, -0.05) is 0 Å². The number of hydrogen-bond acceptors (Lipinski definition) is 8. The van der Waals surface area contributed by atoms with Crippen molar-refractivity contribution in [1.29, 1.82) is 0 Å². The molecule has 0 aromatic carbocycles. The van der Waals surface area contributed by atoms with Crippen molar-refractivity contribution in [3.63, 3.8) is 0 Å². The van der Waals surface area contributed by atoms with Crippen LogP contribution in [0.4, 0.5) is 17.5 Å². The Morgan fingerprint density at radius 1 is 1.08 bits per heavy atom. The molecule has 6 heterocycles. The predicted octanol–water partition coefficient (Wildman–Crippen LogP) is 3.17. The zero-order chi connectivity index (χ0) is 25.1. The van der Waals surface area contributed by atoms with Crippen molar-refractivity contribution in [2.45, 2.75) is 51.8 Å². The van der Waals surface area contributed by atoms with E-state index in [4.69, 9.17) is 10.8 Å². The molecule has 1 atom stereocenters. The number of aryl methyl sites for hydroxylation is 3. The van der Waals surface area contributed by atoms with E-state index in [1.54, 1.807) is 6.20 Å². The average Bonchev–Trinajstić information content (AvgIpc) is 3.45. The fraction of sp³-hybridized carbons (Fsp3) is 0.296. The molecular weight excluding hydrogens is 466 g/mol. The number of nitrogens with two attached hydrogens (primary N) is 1. The standard InChI is InChI=1S/C27H27N9O/c1-15-19-11-18(37)2-3-22(19)30-12-20(15)23-8-16-9-24(31-13-21(16)27(28)32-23)33-25-10-17-4-6-35-7-5-29-26(35)14-36(17)34-25/h5,7-10,12-13,18,37H,2-4,6,11,14H2,1H3,(H2,28,32)(H,31,33,34)/t18-/m1/s1. The van der Waals surface area contributed by atoms with Crippen LogP contribution in [0, 0.1) is 6.92 Å². The molecule has 0 saturated carbocycles. The summed E-state index contributed by atoms with van der Waals surface area (Å²) in [5, 5.41) is 20.0. The largest absolute Gasteiger partial charge is 0.393 e. The summed E-state index contributed by atoms with van der Waals surface area (Å²) in [6.07, 6.45) is 10.2. The van der Waals surface area contributed by atoms with Gasteiger partial charge >= 0.3 is 0 Å². The Hall–Kier alpha value is -4.31. The first-order chi connectivity index (χ1) is 18.0. The van der Waals surface area contributed by atoms with E-state index in [9.17, 15) is 5.11 Å². The van der Waals surface area contributed by atoms with Gasteiger partial charge in [-0.25, -0.2) is 15.0 Å². The Labute approximate surface area is 213 Å². The summed E-state index contributed by atoms with van der Waals surface area (Å²) in [5.41, 5.74) is 12.5. The van der Waals surface area contributed by atoms with Crippen LogP contribution < -0.4 is 11.1 Å². The molecule has 0 radical (unpaired) electrons. The van der Waals surface area contributed by atoms with Crippen LogP contribution >= 0.6 is 0 Å². The van der Waals surface area contributed by atoms with Crippen LogP contribution in [0.2, 0.25) is 0 Å². The molecule has 0 fully saturated rings. The minimum Gasteiger partial charge on any atom is -0.393 e. The maximum absolute atomic E-state index is 10.2. The number of imidazole rings is 1. The van der Waals surface area contributed by atoms with Crippen LogP contribution in [0.15, 0.2) is 43.0 Å². The first kappa shape index (κ1) is 21.9. The lowest BCUT2D eigenvalue weighted by Gasteiger charge is -2.23. The second-order valence-corrected chi connectivity index (χ2v) is 9.89. The number of nitrogens with zero attached hydrogens (tertiary/aromatic N) is 7. The highest BCUT2D eigenvalue weighted by Crippen LogP contribution is 2.33. The van der Waals surface area contributed by atoms with E-state index in [0.717, 1.165) is 82.0 Å². The zero-order valence-corrected chi connectivity index (χ0v) is 20.5. The summed E-state index contributed by atoms with van der Waals surface area (Å²) in [6, 6.07) is 6.07. The summed E-state index contributed by atoms with van der Waals surface area (Å²) in [5.74, 6) is 2.86. The molecule has 186 valence electrons. The SMILES string of the molecule is Cc1c(-c2cc3cc(Nc4cc5n(n4)Cc4nccn4CC5)ncc3c(N)n2)cnc2c1C[C@H](O)CC2. The van der Waals surface area contributed by atoms with E-state index in [1.807, 2.05) is 35.4 Å². The van der Waals surface area contributed by atoms with Crippen molar-refractivity contribution in [2.75, 3.05) is 11.1 Å². The van der Waals surface area contributed by atoms with Crippen molar-refractivity contribution in [3.8, 4) is 11.3 Å². The van der Waals surface area contributed by atoms with Gasteiger partial charge in [-0.3, -0.25) is 9.67 Å². The lowest BCUT2D eigenvalue weighted by atomic mass is 9.88. The van der Waals surface area contributed by atoms with Crippen LogP contribution in [0.1, 0.15) is 34.8 Å². The molecule has 0 spiro atoms.